The molecule has 24 heavy (non-hydrogen) atoms. The Morgan fingerprint density at radius 2 is 2.04 bits per heavy atom. The van der Waals surface area contributed by atoms with Gasteiger partial charge in [0, 0.05) is 10.8 Å². The number of aromatic nitrogens is 4. The summed E-state index contributed by atoms with van der Waals surface area (Å²) in [5.74, 6) is 0.270. The number of rotatable bonds is 5. The molecule has 0 unspecified atom stereocenters. The molecule has 8 heteroatoms. The van der Waals surface area contributed by atoms with Crippen LogP contribution in [0.15, 0.2) is 53.7 Å². The molecule has 1 aromatic heterocycles. The van der Waals surface area contributed by atoms with Crippen LogP contribution in [0, 0.1) is 0 Å². The quantitative estimate of drug-likeness (QED) is 0.513. The molecule has 0 amide bonds. The molecule has 1 heterocycles. The highest BCUT2D eigenvalue weighted by atomic mass is 35.5. The predicted molar refractivity (Wildman–Crippen MR) is 91.5 cm³/mol. The second-order valence-corrected chi connectivity index (χ2v) is 6.21. The molecule has 6 nitrogen and oxygen atoms in total. The molecule has 0 atom stereocenters. The summed E-state index contributed by atoms with van der Waals surface area (Å²) in [5.41, 5.74) is 2.33. The number of hydrogen-bond donors (Lipinski definition) is 0. The van der Waals surface area contributed by atoms with Gasteiger partial charge in [-0.3, -0.25) is 0 Å². The van der Waals surface area contributed by atoms with Gasteiger partial charge in [-0.25, -0.2) is 4.79 Å². The predicted octanol–water partition coefficient (Wildman–Crippen LogP) is 3.39. The first-order chi connectivity index (χ1) is 11.7. The second kappa shape index (κ2) is 7.46. The molecular formula is C16H13ClN4O2S. The van der Waals surface area contributed by atoms with Gasteiger partial charge in [0.1, 0.15) is 0 Å². The molecular weight excluding hydrogens is 348 g/mol. The van der Waals surface area contributed by atoms with E-state index in [-0.39, 0.29) is 5.97 Å². The van der Waals surface area contributed by atoms with Crippen molar-refractivity contribution >= 4 is 29.3 Å². The van der Waals surface area contributed by atoms with Crippen LogP contribution in [0.1, 0.15) is 15.9 Å². The van der Waals surface area contributed by atoms with Crippen LogP contribution >= 0.6 is 23.4 Å². The normalized spacial score (nSPS) is 10.6. The van der Waals surface area contributed by atoms with Crippen molar-refractivity contribution in [3.05, 3.63) is 64.7 Å². The van der Waals surface area contributed by atoms with Crippen molar-refractivity contribution < 1.29 is 9.53 Å². The molecule has 0 aliphatic carbocycles. The number of esters is 1. The molecule has 0 aliphatic heterocycles. The zero-order valence-electron chi connectivity index (χ0n) is 12.7. The summed E-state index contributed by atoms with van der Waals surface area (Å²) in [6.45, 7) is 0. The Kier molecular flexibility index (Phi) is 5.12. The van der Waals surface area contributed by atoms with E-state index in [1.54, 1.807) is 28.9 Å². The third-order valence-corrected chi connectivity index (χ3v) is 4.47. The van der Waals surface area contributed by atoms with E-state index in [0.29, 0.717) is 21.5 Å². The molecule has 2 aromatic carbocycles. The summed E-state index contributed by atoms with van der Waals surface area (Å²) in [6.07, 6.45) is 0. The maximum atomic E-state index is 11.6. The Morgan fingerprint density at radius 3 is 2.79 bits per heavy atom. The fourth-order valence-corrected chi connectivity index (χ4v) is 3.03. The van der Waals surface area contributed by atoms with Gasteiger partial charge in [-0.15, -0.1) is 5.10 Å². The summed E-state index contributed by atoms with van der Waals surface area (Å²) < 4.78 is 6.38. The molecule has 122 valence electrons. The highest BCUT2D eigenvalue weighted by Crippen LogP contribution is 2.23. The van der Waals surface area contributed by atoms with Crippen LogP contribution in [0.4, 0.5) is 0 Å². The first kappa shape index (κ1) is 16.5. The highest BCUT2D eigenvalue weighted by molar-refractivity contribution is 7.98. The van der Waals surface area contributed by atoms with E-state index in [9.17, 15) is 4.79 Å². The Hall–Kier alpha value is -2.38. The minimum Gasteiger partial charge on any atom is -0.465 e. The average Bonchev–Trinajstić information content (AvgIpc) is 3.08. The maximum absolute atomic E-state index is 11.6. The van der Waals surface area contributed by atoms with Crippen LogP contribution in [0.3, 0.4) is 0 Å². The number of methoxy groups -OCH3 is 1. The Morgan fingerprint density at radius 1 is 1.25 bits per heavy atom. The minimum absolute atomic E-state index is 0.354. The van der Waals surface area contributed by atoms with Crippen molar-refractivity contribution in [3.63, 3.8) is 0 Å². The van der Waals surface area contributed by atoms with E-state index in [1.165, 1.54) is 18.9 Å². The number of ether oxygens (including phenoxy) is 1. The van der Waals surface area contributed by atoms with Crippen LogP contribution in [-0.4, -0.2) is 33.3 Å². The lowest BCUT2D eigenvalue weighted by Gasteiger charge is -2.05. The SMILES string of the molecule is COC(=O)c1cccc(CSc2nnnn2-c2ccc(Cl)cc2)c1. The smallest absolute Gasteiger partial charge is 0.337 e. The van der Waals surface area contributed by atoms with Crippen molar-refractivity contribution in [1.82, 2.24) is 20.2 Å². The lowest BCUT2D eigenvalue weighted by Crippen LogP contribution is -2.01. The van der Waals surface area contributed by atoms with Crippen LogP contribution in [0.5, 0.6) is 0 Å². The van der Waals surface area contributed by atoms with Crippen molar-refractivity contribution in [2.75, 3.05) is 7.11 Å². The first-order valence-electron chi connectivity index (χ1n) is 7.02. The molecule has 3 aromatic rings. The molecule has 0 bridgehead atoms. The van der Waals surface area contributed by atoms with E-state index in [1.807, 2.05) is 24.3 Å². The molecule has 0 saturated heterocycles. The van der Waals surface area contributed by atoms with E-state index >= 15 is 0 Å². The summed E-state index contributed by atoms with van der Waals surface area (Å²) in [4.78, 5) is 11.6. The van der Waals surface area contributed by atoms with E-state index in [0.717, 1.165) is 11.3 Å². The number of benzene rings is 2. The molecule has 0 N–H and O–H groups in total. The summed E-state index contributed by atoms with van der Waals surface area (Å²) >= 11 is 7.38. The van der Waals surface area contributed by atoms with E-state index < -0.39 is 0 Å². The Balaban J connectivity index is 1.75. The largest absolute Gasteiger partial charge is 0.465 e. The number of tetrazole rings is 1. The second-order valence-electron chi connectivity index (χ2n) is 4.83. The average molecular weight is 361 g/mol. The van der Waals surface area contributed by atoms with Gasteiger partial charge in [-0.2, -0.15) is 4.68 Å². The van der Waals surface area contributed by atoms with E-state index in [2.05, 4.69) is 15.5 Å². The van der Waals surface area contributed by atoms with Crippen LogP contribution in [0.2, 0.25) is 5.02 Å². The molecule has 0 radical (unpaired) electrons. The zero-order valence-corrected chi connectivity index (χ0v) is 14.3. The summed E-state index contributed by atoms with van der Waals surface area (Å²) in [6, 6.07) is 14.5. The molecule has 3 rings (SSSR count). The molecule has 0 saturated carbocycles. The monoisotopic (exact) mass is 360 g/mol. The summed E-state index contributed by atoms with van der Waals surface area (Å²) in [5, 5.41) is 13.1. The van der Waals surface area contributed by atoms with Gasteiger partial charge in [0.15, 0.2) is 0 Å². The maximum Gasteiger partial charge on any atom is 0.337 e. The number of halogens is 1. The van der Waals surface area contributed by atoms with Gasteiger partial charge in [0.05, 0.1) is 18.4 Å². The van der Waals surface area contributed by atoms with Gasteiger partial charge in [0.25, 0.3) is 0 Å². The third kappa shape index (κ3) is 3.74. The highest BCUT2D eigenvalue weighted by Gasteiger charge is 2.10. The topological polar surface area (TPSA) is 69.9 Å². The Bertz CT molecular complexity index is 851. The third-order valence-electron chi connectivity index (χ3n) is 3.23. The Labute approximate surface area is 147 Å². The fourth-order valence-electron chi connectivity index (χ4n) is 2.07. The van der Waals surface area contributed by atoms with Crippen molar-refractivity contribution in [1.29, 1.82) is 0 Å². The van der Waals surface area contributed by atoms with Crippen molar-refractivity contribution in [2.24, 2.45) is 0 Å². The zero-order chi connectivity index (χ0) is 16.9. The number of hydrogen-bond acceptors (Lipinski definition) is 6. The van der Waals surface area contributed by atoms with Gasteiger partial charge in [0.2, 0.25) is 5.16 Å². The van der Waals surface area contributed by atoms with Gasteiger partial charge in [-0.05, 0) is 52.4 Å². The van der Waals surface area contributed by atoms with Crippen molar-refractivity contribution in [3.8, 4) is 5.69 Å². The lowest BCUT2D eigenvalue weighted by molar-refractivity contribution is 0.0600. The van der Waals surface area contributed by atoms with Crippen LogP contribution in [-0.2, 0) is 10.5 Å². The summed E-state index contributed by atoms with van der Waals surface area (Å²) in [7, 11) is 1.37. The van der Waals surface area contributed by atoms with Crippen LogP contribution < -0.4 is 0 Å². The van der Waals surface area contributed by atoms with Gasteiger partial charge < -0.3 is 4.74 Å². The lowest BCUT2D eigenvalue weighted by atomic mass is 10.1. The number of carbonyl (C=O) groups is 1. The number of nitrogens with zero attached hydrogens (tertiary/aromatic N) is 4. The van der Waals surface area contributed by atoms with Gasteiger partial charge >= 0.3 is 5.97 Å². The van der Waals surface area contributed by atoms with Crippen LogP contribution in [0.25, 0.3) is 5.69 Å². The fraction of sp³-hybridized carbons (Fsp3) is 0.125. The molecule has 0 aliphatic rings. The van der Waals surface area contributed by atoms with E-state index in [4.69, 9.17) is 16.3 Å². The minimum atomic E-state index is -0.354. The molecule has 0 spiro atoms. The number of carbonyl (C=O) groups excluding carboxylic acids is 1. The first-order valence-corrected chi connectivity index (χ1v) is 8.38. The molecule has 0 fully saturated rings. The van der Waals surface area contributed by atoms with Crippen molar-refractivity contribution in [2.45, 2.75) is 10.9 Å². The number of thioether (sulfide) groups is 1. The van der Waals surface area contributed by atoms with Gasteiger partial charge in [-0.1, -0.05) is 35.5 Å². The standard InChI is InChI=1S/C16H13ClN4O2S/c1-23-15(22)12-4-2-3-11(9-12)10-24-16-18-19-20-21(16)14-7-5-13(17)6-8-14/h2-9H,10H2,1H3.